The summed E-state index contributed by atoms with van der Waals surface area (Å²) in [6.07, 6.45) is 0. The smallest absolute Gasteiger partial charge is 0.367 e. The van der Waals surface area contributed by atoms with E-state index in [0.29, 0.717) is 21.9 Å². The highest BCUT2D eigenvalue weighted by Gasteiger charge is 2.13. The highest BCUT2D eigenvalue weighted by atomic mass is 32.2. The van der Waals surface area contributed by atoms with Gasteiger partial charge in [0, 0.05) is 10.6 Å². The standard InChI is InChI=1S/C21H17N5O4S/c1-30-20(28)14-7-9-15(10-8-14)22-18(27)13-25-21(29)26-17(23-25)11-12-19(24-26)31-16-5-3-2-4-6-16/h2-12H,13H2,1H3,(H,22,27). The van der Waals surface area contributed by atoms with Crippen LogP contribution in [0.1, 0.15) is 10.4 Å². The molecule has 10 heteroatoms. The molecule has 4 aromatic rings. The molecule has 2 aromatic carbocycles. The Morgan fingerprint density at radius 2 is 1.74 bits per heavy atom. The van der Waals surface area contributed by atoms with Crippen molar-refractivity contribution in [3.8, 4) is 0 Å². The number of aromatic nitrogens is 4. The van der Waals surface area contributed by atoms with E-state index in [4.69, 9.17) is 0 Å². The van der Waals surface area contributed by atoms with Gasteiger partial charge in [-0.15, -0.1) is 5.10 Å². The van der Waals surface area contributed by atoms with E-state index in [-0.39, 0.29) is 6.54 Å². The van der Waals surface area contributed by atoms with Crippen LogP contribution in [0.5, 0.6) is 0 Å². The Bertz CT molecular complexity index is 1300. The number of amides is 1. The number of carbonyl (C=O) groups is 2. The summed E-state index contributed by atoms with van der Waals surface area (Å²) in [7, 11) is 1.29. The molecule has 0 bridgehead atoms. The summed E-state index contributed by atoms with van der Waals surface area (Å²) in [5.41, 5.74) is 0.681. The van der Waals surface area contributed by atoms with Crippen LogP contribution in [0.25, 0.3) is 5.65 Å². The van der Waals surface area contributed by atoms with Gasteiger partial charge in [0.25, 0.3) is 0 Å². The zero-order valence-electron chi connectivity index (χ0n) is 16.4. The molecule has 0 spiro atoms. The maximum absolute atomic E-state index is 12.6. The lowest BCUT2D eigenvalue weighted by Gasteiger charge is -2.05. The second-order valence-electron chi connectivity index (χ2n) is 6.41. The molecular weight excluding hydrogens is 418 g/mol. The van der Waals surface area contributed by atoms with Gasteiger partial charge in [-0.25, -0.2) is 14.3 Å². The van der Waals surface area contributed by atoms with E-state index in [2.05, 4.69) is 20.3 Å². The maximum Gasteiger partial charge on any atom is 0.367 e. The van der Waals surface area contributed by atoms with E-state index < -0.39 is 17.6 Å². The average molecular weight is 435 g/mol. The molecule has 4 rings (SSSR count). The first-order chi connectivity index (χ1) is 15.0. The van der Waals surface area contributed by atoms with Gasteiger partial charge >= 0.3 is 11.7 Å². The number of benzene rings is 2. The molecule has 0 atom stereocenters. The van der Waals surface area contributed by atoms with E-state index in [0.717, 1.165) is 9.58 Å². The van der Waals surface area contributed by atoms with Gasteiger partial charge in [0.2, 0.25) is 5.91 Å². The van der Waals surface area contributed by atoms with Crippen molar-refractivity contribution in [1.82, 2.24) is 19.4 Å². The summed E-state index contributed by atoms with van der Waals surface area (Å²) in [4.78, 5) is 37.5. The summed E-state index contributed by atoms with van der Waals surface area (Å²) < 4.78 is 6.86. The van der Waals surface area contributed by atoms with E-state index in [1.807, 2.05) is 30.3 Å². The predicted octanol–water partition coefficient (Wildman–Crippen LogP) is 2.47. The van der Waals surface area contributed by atoms with Crippen molar-refractivity contribution in [2.45, 2.75) is 16.5 Å². The second kappa shape index (κ2) is 8.84. The van der Waals surface area contributed by atoms with Crippen molar-refractivity contribution in [3.63, 3.8) is 0 Å². The lowest BCUT2D eigenvalue weighted by atomic mass is 10.2. The Balaban J connectivity index is 1.48. The fourth-order valence-electron chi connectivity index (χ4n) is 2.80. The van der Waals surface area contributed by atoms with Gasteiger partial charge < -0.3 is 10.1 Å². The third-order valence-electron chi connectivity index (χ3n) is 4.26. The number of ether oxygens (including phenoxy) is 1. The topological polar surface area (TPSA) is 108 Å². The van der Waals surface area contributed by atoms with Crippen LogP contribution in [-0.2, 0) is 16.1 Å². The Kier molecular flexibility index (Phi) is 5.80. The van der Waals surface area contributed by atoms with Crippen molar-refractivity contribution >= 4 is 35.0 Å². The molecule has 2 heterocycles. The van der Waals surface area contributed by atoms with E-state index >= 15 is 0 Å². The molecule has 0 aliphatic carbocycles. The Morgan fingerprint density at radius 3 is 2.45 bits per heavy atom. The predicted molar refractivity (Wildman–Crippen MR) is 114 cm³/mol. The molecule has 0 aliphatic rings. The molecule has 2 aromatic heterocycles. The lowest BCUT2D eigenvalue weighted by Crippen LogP contribution is -2.28. The van der Waals surface area contributed by atoms with Crippen LogP contribution in [0.3, 0.4) is 0 Å². The third kappa shape index (κ3) is 4.64. The number of methoxy groups -OCH3 is 1. The van der Waals surface area contributed by atoms with Crippen LogP contribution < -0.4 is 11.0 Å². The van der Waals surface area contributed by atoms with Crippen molar-refractivity contribution in [1.29, 1.82) is 0 Å². The zero-order chi connectivity index (χ0) is 21.8. The molecule has 1 amide bonds. The first-order valence-corrected chi connectivity index (χ1v) is 10.0. The first kappa shape index (κ1) is 20.4. The summed E-state index contributed by atoms with van der Waals surface area (Å²) >= 11 is 1.42. The Hall–Kier alpha value is -3.92. The Labute approximate surface area is 180 Å². The Morgan fingerprint density at radius 1 is 1.00 bits per heavy atom. The van der Waals surface area contributed by atoms with Gasteiger partial charge in [0.1, 0.15) is 11.6 Å². The molecule has 0 unspecified atom stereocenters. The number of rotatable bonds is 6. The van der Waals surface area contributed by atoms with Crippen molar-refractivity contribution < 1.29 is 14.3 Å². The monoisotopic (exact) mass is 435 g/mol. The van der Waals surface area contributed by atoms with E-state index in [1.54, 1.807) is 24.3 Å². The quantitative estimate of drug-likeness (QED) is 0.464. The minimum Gasteiger partial charge on any atom is -0.465 e. The van der Waals surface area contributed by atoms with Crippen LogP contribution in [0.4, 0.5) is 5.69 Å². The van der Waals surface area contributed by atoms with Gasteiger partial charge in [0.05, 0.1) is 12.7 Å². The van der Waals surface area contributed by atoms with Gasteiger partial charge in [-0.2, -0.15) is 9.61 Å². The van der Waals surface area contributed by atoms with Crippen LogP contribution in [0.15, 0.2) is 81.4 Å². The molecule has 1 N–H and O–H groups in total. The molecular formula is C21H17N5O4S. The van der Waals surface area contributed by atoms with Gasteiger partial charge in [-0.3, -0.25) is 4.79 Å². The molecule has 0 saturated heterocycles. The van der Waals surface area contributed by atoms with Crippen LogP contribution in [0.2, 0.25) is 0 Å². The molecule has 0 aliphatic heterocycles. The molecule has 9 nitrogen and oxygen atoms in total. The van der Waals surface area contributed by atoms with Crippen molar-refractivity contribution in [3.05, 3.63) is 82.8 Å². The second-order valence-corrected chi connectivity index (χ2v) is 7.51. The summed E-state index contributed by atoms with van der Waals surface area (Å²) in [6, 6.07) is 19.3. The van der Waals surface area contributed by atoms with Crippen molar-refractivity contribution in [2.24, 2.45) is 0 Å². The van der Waals surface area contributed by atoms with E-state index in [9.17, 15) is 14.4 Å². The minimum absolute atomic E-state index is 0.276. The third-order valence-corrected chi connectivity index (χ3v) is 5.20. The van der Waals surface area contributed by atoms with Gasteiger partial charge in [0.15, 0.2) is 5.65 Å². The number of esters is 1. The number of carbonyl (C=O) groups excluding carboxylic acids is 2. The summed E-state index contributed by atoms with van der Waals surface area (Å²) in [5.74, 6) is -0.901. The zero-order valence-corrected chi connectivity index (χ0v) is 17.2. The van der Waals surface area contributed by atoms with Gasteiger partial charge in [-0.1, -0.05) is 30.0 Å². The number of nitrogens with zero attached hydrogens (tertiary/aromatic N) is 4. The largest absolute Gasteiger partial charge is 0.465 e. The minimum atomic E-state index is -0.512. The molecule has 156 valence electrons. The van der Waals surface area contributed by atoms with Crippen LogP contribution in [0, 0.1) is 0 Å². The van der Waals surface area contributed by atoms with Crippen LogP contribution >= 0.6 is 11.8 Å². The fraction of sp³-hybridized carbons (Fsp3) is 0.0952. The highest BCUT2D eigenvalue weighted by molar-refractivity contribution is 7.99. The number of fused-ring (bicyclic) bond motifs is 1. The molecule has 0 fully saturated rings. The van der Waals surface area contributed by atoms with Gasteiger partial charge in [-0.05, 0) is 48.5 Å². The summed E-state index contributed by atoms with van der Waals surface area (Å²) in [5, 5.41) is 11.8. The van der Waals surface area contributed by atoms with Crippen LogP contribution in [-0.4, -0.2) is 38.4 Å². The first-order valence-electron chi connectivity index (χ1n) is 9.21. The molecule has 31 heavy (non-hydrogen) atoms. The number of nitrogens with one attached hydrogen (secondary N) is 1. The fourth-order valence-corrected chi connectivity index (χ4v) is 3.60. The number of hydrogen-bond acceptors (Lipinski definition) is 7. The highest BCUT2D eigenvalue weighted by Crippen LogP contribution is 2.25. The maximum atomic E-state index is 12.6. The normalized spacial score (nSPS) is 10.7. The molecule has 0 saturated carbocycles. The lowest BCUT2D eigenvalue weighted by molar-refractivity contribution is -0.117. The van der Waals surface area contributed by atoms with E-state index in [1.165, 1.54) is 35.5 Å². The SMILES string of the molecule is COC(=O)c1ccc(NC(=O)Cn2nc3ccc(Sc4ccccc4)nn3c2=O)cc1. The number of hydrogen-bond donors (Lipinski definition) is 1. The number of anilines is 1. The molecule has 0 radical (unpaired) electrons. The summed E-state index contributed by atoms with van der Waals surface area (Å²) in [6.45, 7) is -0.276. The average Bonchev–Trinajstić information content (AvgIpc) is 3.09. The van der Waals surface area contributed by atoms with Crippen molar-refractivity contribution in [2.75, 3.05) is 12.4 Å².